The van der Waals surface area contributed by atoms with Gasteiger partial charge in [0.25, 0.3) is 0 Å². The van der Waals surface area contributed by atoms with Crippen molar-refractivity contribution in [3.8, 4) is 0 Å². The molecule has 0 bridgehead atoms. The minimum Gasteiger partial charge on any atom is -0.465 e. The van der Waals surface area contributed by atoms with E-state index in [4.69, 9.17) is 10.5 Å². The maximum absolute atomic E-state index is 11.5. The third-order valence-corrected chi connectivity index (χ3v) is 3.67. The molecule has 1 unspecified atom stereocenters. The van der Waals surface area contributed by atoms with E-state index in [1.54, 1.807) is 13.8 Å². The van der Waals surface area contributed by atoms with Gasteiger partial charge in [0.1, 0.15) is 5.54 Å². The highest BCUT2D eigenvalue weighted by molar-refractivity contribution is 7.99. The van der Waals surface area contributed by atoms with E-state index in [0.717, 1.165) is 18.1 Å². The summed E-state index contributed by atoms with van der Waals surface area (Å²) in [6.45, 7) is 8.42. The van der Waals surface area contributed by atoms with Crippen molar-refractivity contribution in [3.05, 3.63) is 0 Å². The van der Waals surface area contributed by atoms with E-state index in [-0.39, 0.29) is 5.97 Å². The van der Waals surface area contributed by atoms with Crippen molar-refractivity contribution in [2.75, 3.05) is 18.1 Å². The molecule has 0 aromatic carbocycles. The monoisotopic (exact) mass is 261 g/mol. The normalized spacial score (nSPS) is 14.7. The van der Waals surface area contributed by atoms with Crippen LogP contribution in [0.1, 0.15) is 47.0 Å². The Morgan fingerprint density at radius 2 is 2.06 bits per heavy atom. The fourth-order valence-corrected chi connectivity index (χ4v) is 2.55. The lowest BCUT2D eigenvalue weighted by atomic mass is 9.98. The molecule has 2 N–H and O–H groups in total. The molecule has 3 nitrogen and oxygen atoms in total. The summed E-state index contributed by atoms with van der Waals surface area (Å²) in [5.41, 5.74) is 5.10. The SMILES string of the molecule is CCOC(=O)C(C)(N)CCCSCCC(C)C. The van der Waals surface area contributed by atoms with Gasteiger partial charge in [-0.3, -0.25) is 4.79 Å². The zero-order valence-electron chi connectivity index (χ0n) is 11.6. The van der Waals surface area contributed by atoms with Crippen LogP contribution in [-0.2, 0) is 9.53 Å². The Labute approximate surface area is 110 Å². The predicted octanol–water partition coefficient (Wildman–Crippen LogP) is 2.83. The maximum atomic E-state index is 11.5. The number of hydrogen-bond donors (Lipinski definition) is 1. The first kappa shape index (κ1) is 16.8. The first-order valence-corrected chi connectivity index (χ1v) is 7.59. The summed E-state index contributed by atoms with van der Waals surface area (Å²) in [7, 11) is 0. The molecule has 0 saturated heterocycles. The predicted molar refractivity (Wildman–Crippen MR) is 75.2 cm³/mol. The summed E-state index contributed by atoms with van der Waals surface area (Å²) in [6.07, 6.45) is 2.91. The molecule has 0 amide bonds. The van der Waals surface area contributed by atoms with Gasteiger partial charge in [-0.15, -0.1) is 0 Å². The standard InChI is InChI=1S/C13H27NO2S/c1-5-16-12(15)13(4,14)8-6-9-17-10-7-11(2)3/h11H,5-10,14H2,1-4H3. The molecule has 0 aromatic heterocycles. The fourth-order valence-electron chi connectivity index (χ4n) is 1.36. The molecule has 0 aliphatic carbocycles. The quantitative estimate of drug-likeness (QED) is 0.512. The molecule has 0 spiro atoms. The third kappa shape index (κ3) is 8.50. The lowest BCUT2D eigenvalue weighted by molar-refractivity contribution is -0.149. The van der Waals surface area contributed by atoms with Gasteiger partial charge in [-0.1, -0.05) is 13.8 Å². The number of nitrogens with two attached hydrogens (primary N) is 1. The first-order chi connectivity index (χ1) is 7.90. The number of esters is 1. The van der Waals surface area contributed by atoms with Crippen molar-refractivity contribution < 1.29 is 9.53 Å². The van der Waals surface area contributed by atoms with Gasteiger partial charge in [0.2, 0.25) is 0 Å². The van der Waals surface area contributed by atoms with Gasteiger partial charge >= 0.3 is 5.97 Å². The van der Waals surface area contributed by atoms with Crippen molar-refractivity contribution in [3.63, 3.8) is 0 Å². The van der Waals surface area contributed by atoms with Crippen LogP contribution in [0.2, 0.25) is 0 Å². The zero-order valence-corrected chi connectivity index (χ0v) is 12.4. The van der Waals surface area contributed by atoms with Crippen molar-refractivity contribution in [2.24, 2.45) is 11.7 Å². The van der Waals surface area contributed by atoms with Crippen molar-refractivity contribution in [1.82, 2.24) is 0 Å². The molecule has 102 valence electrons. The third-order valence-electron chi connectivity index (χ3n) is 2.57. The Hall–Kier alpha value is -0.220. The Bertz CT molecular complexity index is 217. The molecule has 0 fully saturated rings. The second-order valence-corrected chi connectivity index (χ2v) is 6.26. The molecule has 0 aliphatic rings. The van der Waals surface area contributed by atoms with Crippen LogP contribution in [0.25, 0.3) is 0 Å². The minimum atomic E-state index is -0.825. The summed E-state index contributed by atoms with van der Waals surface area (Å²) >= 11 is 1.94. The average molecular weight is 261 g/mol. The number of ether oxygens (including phenoxy) is 1. The van der Waals surface area contributed by atoms with Crippen LogP contribution in [0.5, 0.6) is 0 Å². The van der Waals surface area contributed by atoms with Gasteiger partial charge in [-0.05, 0) is 50.5 Å². The topological polar surface area (TPSA) is 52.3 Å². The highest BCUT2D eigenvalue weighted by Crippen LogP contribution is 2.16. The lowest BCUT2D eigenvalue weighted by Crippen LogP contribution is -2.46. The summed E-state index contributed by atoms with van der Waals surface area (Å²) < 4.78 is 4.95. The number of hydrogen-bond acceptors (Lipinski definition) is 4. The number of carbonyl (C=O) groups is 1. The van der Waals surface area contributed by atoms with Crippen LogP contribution in [0.15, 0.2) is 0 Å². The molecule has 0 aromatic rings. The van der Waals surface area contributed by atoms with Gasteiger partial charge in [-0.25, -0.2) is 0 Å². The summed E-state index contributed by atoms with van der Waals surface area (Å²) in [5.74, 6) is 2.74. The van der Waals surface area contributed by atoms with E-state index < -0.39 is 5.54 Å². The smallest absolute Gasteiger partial charge is 0.325 e. The van der Waals surface area contributed by atoms with Gasteiger partial charge in [0, 0.05) is 0 Å². The lowest BCUT2D eigenvalue weighted by Gasteiger charge is -2.21. The molecule has 4 heteroatoms. The molecule has 0 rings (SSSR count). The second-order valence-electron chi connectivity index (χ2n) is 5.04. The van der Waals surface area contributed by atoms with Crippen LogP contribution in [-0.4, -0.2) is 29.6 Å². The minimum absolute atomic E-state index is 0.285. The van der Waals surface area contributed by atoms with Gasteiger partial charge < -0.3 is 10.5 Å². The Kier molecular flexibility index (Phi) is 8.70. The Morgan fingerprint density at radius 3 is 2.59 bits per heavy atom. The Balaban J connectivity index is 3.62. The van der Waals surface area contributed by atoms with E-state index in [1.165, 1.54) is 12.2 Å². The van der Waals surface area contributed by atoms with Gasteiger partial charge in [-0.2, -0.15) is 11.8 Å². The number of carbonyl (C=O) groups excluding carboxylic acids is 1. The van der Waals surface area contributed by atoms with Crippen LogP contribution in [0, 0.1) is 5.92 Å². The van der Waals surface area contributed by atoms with Crippen molar-refractivity contribution in [1.29, 1.82) is 0 Å². The van der Waals surface area contributed by atoms with Crippen molar-refractivity contribution in [2.45, 2.75) is 52.5 Å². The molecular formula is C13H27NO2S. The van der Waals surface area contributed by atoms with Crippen LogP contribution < -0.4 is 5.73 Å². The summed E-state index contributed by atoms with van der Waals surface area (Å²) in [5, 5.41) is 0. The second kappa shape index (κ2) is 8.81. The highest BCUT2D eigenvalue weighted by Gasteiger charge is 2.28. The average Bonchev–Trinajstić information content (AvgIpc) is 2.23. The summed E-state index contributed by atoms with van der Waals surface area (Å²) in [6, 6.07) is 0. The van der Waals surface area contributed by atoms with E-state index in [0.29, 0.717) is 13.0 Å². The van der Waals surface area contributed by atoms with E-state index in [1.807, 2.05) is 11.8 Å². The van der Waals surface area contributed by atoms with Gasteiger partial charge in [0.05, 0.1) is 6.61 Å². The fraction of sp³-hybridized carbons (Fsp3) is 0.923. The summed E-state index contributed by atoms with van der Waals surface area (Å²) in [4.78, 5) is 11.5. The molecule has 0 aliphatic heterocycles. The van der Waals surface area contributed by atoms with E-state index >= 15 is 0 Å². The molecule has 0 heterocycles. The van der Waals surface area contributed by atoms with E-state index in [2.05, 4.69) is 13.8 Å². The Morgan fingerprint density at radius 1 is 1.41 bits per heavy atom. The van der Waals surface area contributed by atoms with Crippen molar-refractivity contribution >= 4 is 17.7 Å². The van der Waals surface area contributed by atoms with Gasteiger partial charge in [0.15, 0.2) is 0 Å². The highest BCUT2D eigenvalue weighted by atomic mass is 32.2. The zero-order chi connectivity index (χ0) is 13.3. The molecule has 0 saturated carbocycles. The molecular weight excluding hydrogens is 234 g/mol. The molecule has 0 radical (unpaired) electrons. The van der Waals surface area contributed by atoms with Crippen LogP contribution in [0.3, 0.4) is 0 Å². The molecule has 17 heavy (non-hydrogen) atoms. The first-order valence-electron chi connectivity index (χ1n) is 6.44. The number of thioether (sulfide) groups is 1. The van der Waals surface area contributed by atoms with Crippen LogP contribution >= 0.6 is 11.8 Å². The maximum Gasteiger partial charge on any atom is 0.325 e. The molecule has 1 atom stereocenters. The largest absolute Gasteiger partial charge is 0.465 e. The van der Waals surface area contributed by atoms with E-state index in [9.17, 15) is 4.79 Å². The number of rotatable bonds is 9. The van der Waals surface area contributed by atoms with Crippen LogP contribution in [0.4, 0.5) is 0 Å².